The van der Waals surface area contributed by atoms with E-state index in [4.69, 9.17) is 19.8 Å². The summed E-state index contributed by atoms with van der Waals surface area (Å²) < 4.78 is 0. The number of benzene rings is 1. The maximum absolute atomic E-state index is 12.2. The molecule has 0 spiro atoms. The number of amides is 2. The summed E-state index contributed by atoms with van der Waals surface area (Å²) in [5.41, 5.74) is 1.24. The maximum Gasteiger partial charge on any atom is 0.414 e. The Hall–Kier alpha value is -2.85. The van der Waals surface area contributed by atoms with E-state index in [0.717, 1.165) is 52.4 Å². The second-order valence-electron chi connectivity index (χ2n) is 6.18. The van der Waals surface area contributed by atoms with Crippen LogP contribution < -0.4 is 10.2 Å². The van der Waals surface area contributed by atoms with Crippen LogP contribution in [0.3, 0.4) is 0 Å². The van der Waals surface area contributed by atoms with Crippen LogP contribution in [0.5, 0.6) is 0 Å². The number of hydrogen-bond acceptors (Lipinski definition) is 5. The summed E-state index contributed by atoms with van der Waals surface area (Å²) >= 11 is 0. The lowest BCUT2D eigenvalue weighted by atomic mass is 10.2. The summed E-state index contributed by atoms with van der Waals surface area (Å²) in [6, 6.07) is 10.5. The Morgan fingerprint density at radius 3 is 1.93 bits per heavy atom. The van der Waals surface area contributed by atoms with Crippen molar-refractivity contribution in [2.75, 3.05) is 57.3 Å². The number of aliphatic carboxylic acids is 2. The van der Waals surface area contributed by atoms with Crippen molar-refractivity contribution in [3.63, 3.8) is 0 Å². The van der Waals surface area contributed by atoms with Gasteiger partial charge in [0.2, 0.25) is 0 Å². The molecular formula is C19H32N4O6. The Morgan fingerprint density at radius 2 is 1.48 bits per heavy atom. The number of anilines is 1. The molecule has 164 valence electrons. The first-order valence-electron chi connectivity index (χ1n) is 9.40. The Labute approximate surface area is 171 Å². The molecular weight excluding hydrogens is 380 g/mol. The number of piperazine rings is 1. The normalized spacial score (nSPS) is 13.1. The minimum atomic E-state index is -1.82. The van der Waals surface area contributed by atoms with Crippen LogP contribution in [-0.4, -0.2) is 95.8 Å². The third kappa shape index (κ3) is 9.77. The molecule has 10 heteroatoms. The van der Waals surface area contributed by atoms with E-state index in [-0.39, 0.29) is 11.5 Å². The molecule has 0 saturated carbocycles. The van der Waals surface area contributed by atoms with Gasteiger partial charge in [-0.1, -0.05) is 32.0 Å². The highest BCUT2D eigenvalue weighted by molar-refractivity contribution is 6.27. The van der Waals surface area contributed by atoms with Gasteiger partial charge in [-0.3, -0.25) is 0 Å². The Bertz CT molecular complexity index is 604. The average molecular weight is 412 g/mol. The van der Waals surface area contributed by atoms with Crippen LogP contribution >= 0.6 is 0 Å². The Balaban J connectivity index is 0.000000981. The van der Waals surface area contributed by atoms with Gasteiger partial charge in [0.1, 0.15) is 0 Å². The second-order valence-corrected chi connectivity index (χ2v) is 6.18. The first-order chi connectivity index (χ1) is 13.4. The van der Waals surface area contributed by atoms with Gasteiger partial charge in [0, 0.05) is 45.0 Å². The number of nitrogens with one attached hydrogen (secondary N) is 1. The molecule has 0 atom stereocenters. The molecule has 1 aromatic carbocycles. The van der Waals surface area contributed by atoms with Crippen LogP contribution in [0.15, 0.2) is 30.3 Å². The zero-order chi connectivity index (χ0) is 20.9. The van der Waals surface area contributed by atoms with Crippen LogP contribution in [-0.2, 0) is 9.59 Å². The third-order valence-electron chi connectivity index (χ3n) is 4.47. The van der Waals surface area contributed by atoms with Crippen LogP contribution in [0.25, 0.3) is 0 Å². The number of carboxylic acid groups (broad SMARTS) is 2. The van der Waals surface area contributed by atoms with E-state index in [1.165, 1.54) is 5.69 Å². The van der Waals surface area contributed by atoms with E-state index >= 15 is 0 Å². The van der Waals surface area contributed by atoms with Gasteiger partial charge < -0.3 is 35.7 Å². The quantitative estimate of drug-likeness (QED) is 0.566. The van der Waals surface area contributed by atoms with E-state index in [2.05, 4.69) is 53.2 Å². The monoisotopic (exact) mass is 412 g/mol. The molecule has 0 aliphatic carbocycles. The first kappa shape index (κ1) is 26.1. The zero-order valence-corrected chi connectivity index (χ0v) is 17.0. The number of likely N-dealkylation sites (N-methyl/N-ethyl adjacent to an activating group) is 1. The molecule has 1 aromatic rings. The lowest BCUT2D eigenvalue weighted by Crippen LogP contribution is -2.52. The summed E-state index contributed by atoms with van der Waals surface area (Å²) in [4.78, 5) is 36.9. The van der Waals surface area contributed by atoms with Crippen LogP contribution in [0, 0.1) is 0 Å². The minimum Gasteiger partial charge on any atom is -0.473 e. The van der Waals surface area contributed by atoms with Gasteiger partial charge >= 0.3 is 18.0 Å². The van der Waals surface area contributed by atoms with Crippen molar-refractivity contribution < 1.29 is 30.1 Å². The number of rotatable bonds is 6. The number of carbonyl (C=O) groups is 3. The highest BCUT2D eigenvalue weighted by Crippen LogP contribution is 2.15. The average Bonchev–Trinajstić information content (AvgIpc) is 2.72. The third-order valence-corrected chi connectivity index (χ3v) is 4.47. The second kappa shape index (κ2) is 14.2. The summed E-state index contributed by atoms with van der Waals surface area (Å²) in [6.45, 7) is 11.4. The number of urea groups is 1. The minimum absolute atomic E-state index is 0. The molecule has 2 rings (SSSR count). The van der Waals surface area contributed by atoms with E-state index in [9.17, 15) is 4.79 Å². The molecule has 2 amide bonds. The maximum atomic E-state index is 12.2. The first-order valence-corrected chi connectivity index (χ1v) is 9.40. The molecule has 1 aliphatic heterocycles. The van der Waals surface area contributed by atoms with Crippen molar-refractivity contribution in [1.29, 1.82) is 0 Å². The van der Waals surface area contributed by atoms with E-state index in [0.29, 0.717) is 0 Å². The van der Waals surface area contributed by atoms with Gasteiger partial charge in [0.25, 0.3) is 0 Å². The molecule has 0 unspecified atom stereocenters. The highest BCUT2D eigenvalue weighted by atomic mass is 16.4. The zero-order valence-electron chi connectivity index (χ0n) is 17.0. The van der Waals surface area contributed by atoms with Gasteiger partial charge in [-0.2, -0.15) is 0 Å². The molecule has 1 aliphatic rings. The number of carbonyl (C=O) groups excluding carboxylic acids is 1. The summed E-state index contributed by atoms with van der Waals surface area (Å²) in [5.74, 6) is -3.65. The molecule has 1 saturated heterocycles. The van der Waals surface area contributed by atoms with Crippen LogP contribution in [0.1, 0.15) is 13.8 Å². The lowest BCUT2D eigenvalue weighted by molar-refractivity contribution is -0.159. The molecule has 1 fully saturated rings. The molecule has 0 bridgehead atoms. The SMILES string of the molecule is CCN(CC)CCNC(=O)N1CCN(c2ccccc2)CC1.O.O=C(O)C(=O)O. The predicted molar refractivity (Wildman–Crippen MR) is 110 cm³/mol. The van der Waals surface area contributed by atoms with Crippen LogP contribution in [0.2, 0.25) is 0 Å². The number of hydrogen-bond donors (Lipinski definition) is 3. The Kier molecular flexibility index (Phi) is 12.8. The van der Waals surface area contributed by atoms with Crippen molar-refractivity contribution in [2.45, 2.75) is 13.8 Å². The number of carboxylic acids is 2. The van der Waals surface area contributed by atoms with E-state index in [1.807, 2.05) is 11.0 Å². The van der Waals surface area contributed by atoms with E-state index in [1.54, 1.807) is 0 Å². The Morgan fingerprint density at radius 1 is 0.966 bits per heavy atom. The van der Waals surface area contributed by atoms with Crippen molar-refractivity contribution in [2.24, 2.45) is 0 Å². The summed E-state index contributed by atoms with van der Waals surface area (Å²) in [7, 11) is 0. The lowest BCUT2D eigenvalue weighted by Gasteiger charge is -2.36. The van der Waals surface area contributed by atoms with Gasteiger partial charge in [-0.05, 0) is 25.2 Å². The fourth-order valence-electron chi connectivity index (χ4n) is 2.78. The predicted octanol–water partition coefficient (Wildman–Crippen LogP) is 0.191. The van der Waals surface area contributed by atoms with Crippen molar-refractivity contribution in [3.05, 3.63) is 30.3 Å². The summed E-state index contributed by atoms with van der Waals surface area (Å²) in [5, 5.41) is 17.8. The van der Waals surface area contributed by atoms with Crippen molar-refractivity contribution in [1.82, 2.24) is 15.1 Å². The molecule has 0 aromatic heterocycles. The molecule has 5 N–H and O–H groups in total. The van der Waals surface area contributed by atoms with Gasteiger partial charge in [-0.25, -0.2) is 14.4 Å². The summed E-state index contributed by atoms with van der Waals surface area (Å²) in [6.07, 6.45) is 0. The molecule has 1 heterocycles. The smallest absolute Gasteiger partial charge is 0.414 e. The van der Waals surface area contributed by atoms with Crippen molar-refractivity contribution in [3.8, 4) is 0 Å². The van der Waals surface area contributed by atoms with E-state index < -0.39 is 11.9 Å². The number of nitrogens with zero attached hydrogens (tertiary/aromatic N) is 3. The highest BCUT2D eigenvalue weighted by Gasteiger charge is 2.20. The van der Waals surface area contributed by atoms with Gasteiger partial charge in [0.05, 0.1) is 0 Å². The number of para-hydroxylation sites is 1. The molecule has 29 heavy (non-hydrogen) atoms. The van der Waals surface area contributed by atoms with Crippen LogP contribution in [0.4, 0.5) is 10.5 Å². The standard InChI is InChI=1S/C17H28N4O.C2H2O4.H2O/c1-3-19(4-2)11-10-18-17(22)21-14-12-20(13-15-21)16-8-6-5-7-9-16;3-1(4)2(5)6;/h5-9H,3-4,10-15H2,1-2H3,(H,18,22);(H,3,4)(H,5,6);1H2. The fourth-order valence-corrected chi connectivity index (χ4v) is 2.78. The van der Waals surface area contributed by atoms with Gasteiger partial charge in [-0.15, -0.1) is 0 Å². The van der Waals surface area contributed by atoms with Gasteiger partial charge in [0.15, 0.2) is 0 Å². The van der Waals surface area contributed by atoms with Crippen molar-refractivity contribution >= 4 is 23.7 Å². The molecule has 0 radical (unpaired) electrons. The largest absolute Gasteiger partial charge is 0.473 e. The molecule has 10 nitrogen and oxygen atoms in total. The topological polar surface area (TPSA) is 145 Å². The fraction of sp³-hybridized carbons (Fsp3) is 0.526.